The first-order chi connectivity index (χ1) is 9.35. The third-order valence-corrected chi connectivity index (χ3v) is 5.85. The lowest BCUT2D eigenvalue weighted by Crippen LogP contribution is -2.41. The van der Waals surface area contributed by atoms with Gasteiger partial charge in [0.1, 0.15) is 0 Å². The van der Waals surface area contributed by atoms with E-state index >= 15 is 0 Å². The lowest BCUT2D eigenvalue weighted by atomic mass is 10.2. The second kappa shape index (κ2) is 7.09. The van der Waals surface area contributed by atoms with E-state index in [1.54, 1.807) is 26.0 Å². The molecule has 1 aromatic rings. The van der Waals surface area contributed by atoms with E-state index in [2.05, 4.69) is 4.72 Å². The molecule has 20 heavy (non-hydrogen) atoms. The first-order valence-corrected chi connectivity index (χ1v) is 8.79. The Hall–Kier alpha value is -1.07. The number of rotatable bonds is 6. The molecule has 110 valence electrons. The van der Waals surface area contributed by atoms with Crippen LogP contribution in [0.2, 0.25) is 0 Å². The van der Waals surface area contributed by atoms with Crippen molar-refractivity contribution in [2.24, 2.45) is 0 Å². The minimum atomic E-state index is -3.71. The Kier molecular flexibility index (Phi) is 6.02. The van der Waals surface area contributed by atoms with E-state index in [9.17, 15) is 13.5 Å². The van der Waals surface area contributed by atoms with E-state index in [1.165, 1.54) is 17.8 Å². The standard InChI is InChI=1S/C13H18N2O3S2/c1-9-4-5-11(7-14)6-13(9)20(17,18)15-10(2)12(8-16)19-3/h4-6,10,12,15-16H,8H2,1-3H3. The molecule has 7 heteroatoms. The Morgan fingerprint density at radius 3 is 2.65 bits per heavy atom. The maximum atomic E-state index is 12.4. The van der Waals surface area contributed by atoms with Gasteiger partial charge in [0.05, 0.1) is 23.1 Å². The van der Waals surface area contributed by atoms with E-state index in [0.717, 1.165) is 0 Å². The van der Waals surface area contributed by atoms with Gasteiger partial charge in [-0.2, -0.15) is 17.0 Å². The Balaban J connectivity index is 3.09. The van der Waals surface area contributed by atoms with Crippen LogP contribution in [0, 0.1) is 18.3 Å². The van der Waals surface area contributed by atoms with E-state index < -0.39 is 16.1 Å². The van der Waals surface area contributed by atoms with Crippen LogP contribution >= 0.6 is 11.8 Å². The fraction of sp³-hybridized carbons (Fsp3) is 0.462. The van der Waals surface area contributed by atoms with E-state index in [4.69, 9.17) is 5.26 Å². The van der Waals surface area contributed by atoms with Crippen LogP contribution in [-0.4, -0.2) is 37.7 Å². The van der Waals surface area contributed by atoms with Crippen LogP contribution in [0.3, 0.4) is 0 Å². The van der Waals surface area contributed by atoms with Crippen molar-refractivity contribution < 1.29 is 13.5 Å². The van der Waals surface area contributed by atoms with Crippen molar-refractivity contribution in [3.63, 3.8) is 0 Å². The Bertz CT molecular complexity index is 605. The van der Waals surface area contributed by atoms with Crippen LogP contribution in [0.4, 0.5) is 0 Å². The number of thioether (sulfide) groups is 1. The number of benzene rings is 1. The molecule has 0 aliphatic carbocycles. The highest BCUT2D eigenvalue weighted by molar-refractivity contribution is 7.99. The number of nitrogens with zero attached hydrogens (tertiary/aromatic N) is 1. The maximum Gasteiger partial charge on any atom is 0.241 e. The average molecular weight is 314 g/mol. The molecule has 0 saturated heterocycles. The molecule has 0 aliphatic heterocycles. The molecule has 0 fully saturated rings. The largest absolute Gasteiger partial charge is 0.395 e. The molecule has 0 spiro atoms. The summed E-state index contributed by atoms with van der Waals surface area (Å²) in [6, 6.07) is 6.06. The molecule has 0 heterocycles. The van der Waals surface area contributed by atoms with Gasteiger partial charge in [-0.05, 0) is 37.8 Å². The van der Waals surface area contributed by atoms with Gasteiger partial charge in [-0.3, -0.25) is 0 Å². The van der Waals surface area contributed by atoms with Crippen LogP contribution in [0.1, 0.15) is 18.1 Å². The molecule has 2 unspecified atom stereocenters. The second-order valence-corrected chi connectivity index (χ2v) is 7.22. The summed E-state index contributed by atoms with van der Waals surface area (Å²) in [6.07, 6.45) is 1.81. The zero-order valence-corrected chi connectivity index (χ0v) is 13.3. The van der Waals surface area contributed by atoms with Crippen LogP contribution in [0.25, 0.3) is 0 Å². The third-order valence-electron chi connectivity index (χ3n) is 2.99. The van der Waals surface area contributed by atoms with Gasteiger partial charge in [-0.1, -0.05) is 6.07 Å². The fourth-order valence-corrected chi connectivity index (χ4v) is 4.05. The van der Waals surface area contributed by atoms with Crippen molar-refractivity contribution in [2.45, 2.75) is 30.0 Å². The summed E-state index contributed by atoms with van der Waals surface area (Å²) < 4.78 is 27.3. The maximum absolute atomic E-state index is 12.4. The van der Waals surface area contributed by atoms with Crippen molar-refractivity contribution in [1.82, 2.24) is 4.72 Å². The van der Waals surface area contributed by atoms with Crippen molar-refractivity contribution in [1.29, 1.82) is 5.26 Å². The molecule has 0 bridgehead atoms. The Morgan fingerprint density at radius 1 is 1.50 bits per heavy atom. The van der Waals surface area contributed by atoms with Crippen LogP contribution < -0.4 is 4.72 Å². The zero-order valence-electron chi connectivity index (χ0n) is 11.6. The number of hydrogen-bond donors (Lipinski definition) is 2. The van der Waals surface area contributed by atoms with Gasteiger partial charge in [0.2, 0.25) is 10.0 Å². The zero-order chi connectivity index (χ0) is 15.3. The normalized spacial score (nSPS) is 14.6. The van der Waals surface area contributed by atoms with Gasteiger partial charge in [-0.15, -0.1) is 0 Å². The smallest absolute Gasteiger partial charge is 0.241 e. The van der Waals surface area contributed by atoms with Gasteiger partial charge in [0, 0.05) is 11.3 Å². The molecule has 0 radical (unpaired) electrons. The minimum Gasteiger partial charge on any atom is -0.395 e. The first kappa shape index (κ1) is 17.0. The minimum absolute atomic E-state index is 0.0983. The molecule has 0 aliphatic rings. The predicted octanol–water partition coefficient (Wildman–Crippen LogP) is 1.26. The molecular weight excluding hydrogens is 296 g/mol. The van der Waals surface area contributed by atoms with Crippen LogP contribution in [0.5, 0.6) is 0 Å². The predicted molar refractivity (Wildman–Crippen MR) is 80.1 cm³/mol. The molecule has 2 atom stereocenters. The van der Waals surface area contributed by atoms with Gasteiger partial charge in [0.25, 0.3) is 0 Å². The monoisotopic (exact) mass is 314 g/mol. The summed E-state index contributed by atoms with van der Waals surface area (Å²) in [4.78, 5) is 0.0983. The molecule has 0 aromatic heterocycles. The molecule has 0 saturated carbocycles. The van der Waals surface area contributed by atoms with E-state index in [1.807, 2.05) is 12.3 Å². The number of aliphatic hydroxyl groups excluding tert-OH is 1. The fourth-order valence-electron chi connectivity index (χ4n) is 1.78. The van der Waals surface area contributed by atoms with Crippen molar-refractivity contribution in [2.75, 3.05) is 12.9 Å². The van der Waals surface area contributed by atoms with Gasteiger partial charge < -0.3 is 5.11 Å². The number of nitriles is 1. The van der Waals surface area contributed by atoms with Crippen LogP contribution in [0.15, 0.2) is 23.1 Å². The number of aryl methyl sites for hydroxylation is 1. The highest BCUT2D eigenvalue weighted by Crippen LogP contribution is 2.19. The molecule has 1 rings (SSSR count). The van der Waals surface area contributed by atoms with Crippen molar-refractivity contribution in [3.8, 4) is 6.07 Å². The van der Waals surface area contributed by atoms with E-state index in [-0.39, 0.29) is 16.8 Å². The number of sulfonamides is 1. The summed E-state index contributed by atoms with van der Waals surface area (Å²) in [7, 11) is -3.71. The van der Waals surface area contributed by atoms with E-state index in [0.29, 0.717) is 11.1 Å². The topological polar surface area (TPSA) is 90.2 Å². The van der Waals surface area contributed by atoms with Crippen molar-refractivity contribution >= 4 is 21.8 Å². The van der Waals surface area contributed by atoms with Gasteiger partial charge >= 0.3 is 0 Å². The summed E-state index contributed by atoms with van der Waals surface area (Å²) >= 11 is 1.40. The summed E-state index contributed by atoms with van der Waals surface area (Å²) in [5, 5.41) is 17.8. The number of nitrogens with one attached hydrogen (secondary N) is 1. The highest BCUT2D eigenvalue weighted by atomic mass is 32.2. The average Bonchev–Trinajstić information content (AvgIpc) is 2.39. The first-order valence-electron chi connectivity index (χ1n) is 6.02. The molecule has 0 amide bonds. The quantitative estimate of drug-likeness (QED) is 0.825. The van der Waals surface area contributed by atoms with Gasteiger partial charge in [-0.25, -0.2) is 13.1 Å². The number of hydrogen-bond acceptors (Lipinski definition) is 5. The molecular formula is C13H18N2O3S2. The third kappa shape index (κ3) is 3.96. The number of aliphatic hydroxyl groups is 1. The SMILES string of the molecule is CSC(CO)C(C)NS(=O)(=O)c1cc(C#N)ccc1C. The molecule has 2 N–H and O–H groups in total. The summed E-state index contributed by atoms with van der Waals surface area (Å²) in [5.74, 6) is 0. The lowest BCUT2D eigenvalue weighted by Gasteiger charge is -2.21. The van der Waals surface area contributed by atoms with Crippen molar-refractivity contribution in [3.05, 3.63) is 29.3 Å². The Morgan fingerprint density at radius 2 is 2.15 bits per heavy atom. The second-order valence-electron chi connectivity index (χ2n) is 4.46. The molecule has 5 nitrogen and oxygen atoms in total. The summed E-state index contributed by atoms with van der Waals surface area (Å²) in [6.45, 7) is 3.28. The lowest BCUT2D eigenvalue weighted by molar-refractivity contribution is 0.282. The molecule has 1 aromatic carbocycles. The highest BCUT2D eigenvalue weighted by Gasteiger charge is 2.24. The van der Waals surface area contributed by atoms with Crippen LogP contribution in [-0.2, 0) is 10.0 Å². The Labute approximate surface area is 124 Å². The van der Waals surface area contributed by atoms with Gasteiger partial charge in [0.15, 0.2) is 0 Å². The summed E-state index contributed by atoms with van der Waals surface area (Å²) in [5.41, 5.74) is 0.876.